The summed E-state index contributed by atoms with van der Waals surface area (Å²) in [4.78, 5) is 11.7. The Balaban J connectivity index is 2.85. The molecule has 1 aliphatic carbocycles. The van der Waals surface area contributed by atoms with E-state index in [0.717, 1.165) is 12.8 Å². The number of rotatable bonds is 2. The maximum absolute atomic E-state index is 11.7. The third-order valence-corrected chi connectivity index (χ3v) is 3.12. The fourth-order valence-corrected chi connectivity index (χ4v) is 2.34. The van der Waals surface area contributed by atoms with Crippen LogP contribution < -0.4 is 0 Å². The van der Waals surface area contributed by atoms with Crippen molar-refractivity contribution in [1.82, 2.24) is 0 Å². The van der Waals surface area contributed by atoms with E-state index in [2.05, 4.69) is 27.7 Å². The summed E-state index contributed by atoms with van der Waals surface area (Å²) in [5.74, 6) is 1.83. The van der Waals surface area contributed by atoms with Crippen molar-refractivity contribution in [2.75, 3.05) is 0 Å². The monoisotopic (exact) mass is 180 g/mol. The number of hydrogen-bond donors (Lipinski definition) is 0. The molecule has 0 amide bonds. The molecule has 0 aromatic rings. The average Bonchev–Trinajstić information content (AvgIpc) is 2.02. The van der Waals surface area contributed by atoms with E-state index in [0.29, 0.717) is 17.6 Å². The summed E-state index contributed by atoms with van der Waals surface area (Å²) in [6.45, 7) is 8.63. The van der Waals surface area contributed by atoms with Crippen molar-refractivity contribution in [2.45, 2.75) is 40.5 Å². The van der Waals surface area contributed by atoms with Crippen LogP contribution >= 0.6 is 0 Å². The van der Waals surface area contributed by atoms with Crippen LogP contribution in [0.4, 0.5) is 0 Å². The van der Waals surface area contributed by atoms with Gasteiger partial charge in [-0.3, -0.25) is 4.79 Å². The van der Waals surface area contributed by atoms with Crippen molar-refractivity contribution in [3.63, 3.8) is 0 Å². The van der Waals surface area contributed by atoms with E-state index >= 15 is 0 Å². The molecule has 0 N–H and O–H groups in total. The zero-order valence-electron chi connectivity index (χ0n) is 9.13. The topological polar surface area (TPSA) is 17.1 Å². The van der Waals surface area contributed by atoms with Gasteiger partial charge in [0.25, 0.3) is 0 Å². The van der Waals surface area contributed by atoms with Crippen LogP contribution in [0.3, 0.4) is 0 Å². The first-order valence-electron chi connectivity index (χ1n) is 5.27. The smallest absolute Gasteiger partial charge is 0.158 e. The van der Waals surface area contributed by atoms with Gasteiger partial charge in [0.05, 0.1) is 0 Å². The summed E-state index contributed by atoms with van der Waals surface area (Å²) < 4.78 is 0. The van der Waals surface area contributed by atoms with Crippen LogP contribution in [0, 0.1) is 17.8 Å². The quantitative estimate of drug-likeness (QED) is 0.637. The van der Waals surface area contributed by atoms with Crippen LogP contribution in [0.1, 0.15) is 40.5 Å². The van der Waals surface area contributed by atoms with Crippen LogP contribution in [0.15, 0.2) is 11.6 Å². The first kappa shape index (κ1) is 10.5. The molecule has 1 rings (SSSR count). The van der Waals surface area contributed by atoms with Crippen LogP contribution in [0.5, 0.6) is 0 Å². The zero-order valence-corrected chi connectivity index (χ0v) is 9.13. The highest BCUT2D eigenvalue weighted by Crippen LogP contribution is 2.34. The molecule has 0 spiro atoms. The van der Waals surface area contributed by atoms with Gasteiger partial charge in [0.1, 0.15) is 0 Å². The lowest BCUT2D eigenvalue weighted by Crippen LogP contribution is -2.29. The third kappa shape index (κ3) is 2.20. The second-order valence-electron chi connectivity index (χ2n) is 4.52. The Morgan fingerprint density at radius 3 is 2.62 bits per heavy atom. The third-order valence-electron chi connectivity index (χ3n) is 3.12. The number of ketones is 1. The Morgan fingerprint density at radius 2 is 2.15 bits per heavy atom. The van der Waals surface area contributed by atoms with E-state index in [1.807, 2.05) is 6.08 Å². The van der Waals surface area contributed by atoms with Crippen molar-refractivity contribution < 1.29 is 4.79 Å². The van der Waals surface area contributed by atoms with Crippen LogP contribution in [-0.2, 0) is 4.79 Å². The summed E-state index contributed by atoms with van der Waals surface area (Å²) in [6, 6.07) is 0. The second kappa shape index (κ2) is 4.08. The first-order valence-corrected chi connectivity index (χ1v) is 5.27. The Hall–Kier alpha value is -0.590. The largest absolute Gasteiger partial charge is 0.295 e. The predicted octanol–water partition coefficient (Wildman–Crippen LogP) is 3.20. The van der Waals surface area contributed by atoms with Crippen molar-refractivity contribution in [1.29, 1.82) is 0 Å². The van der Waals surface area contributed by atoms with Gasteiger partial charge in [-0.2, -0.15) is 0 Å². The van der Waals surface area contributed by atoms with Crippen LogP contribution in [0.25, 0.3) is 0 Å². The molecule has 0 fully saturated rings. The van der Waals surface area contributed by atoms with E-state index < -0.39 is 0 Å². The molecule has 0 heterocycles. The fourth-order valence-electron chi connectivity index (χ4n) is 2.34. The molecule has 0 aromatic heterocycles. The Bertz CT molecular complexity index is 225. The van der Waals surface area contributed by atoms with Gasteiger partial charge in [-0.25, -0.2) is 0 Å². The van der Waals surface area contributed by atoms with Gasteiger partial charge in [-0.05, 0) is 37.7 Å². The lowest BCUT2D eigenvalue weighted by molar-refractivity contribution is -0.121. The van der Waals surface area contributed by atoms with Crippen LogP contribution in [0.2, 0.25) is 0 Å². The molecule has 74 valence electrons. The molecule has 13 heavy (non-hydrogen) atoms. The standard InChI is InChI=1S/C12H20O/c1-5-10-11(8(2)3)6-9(4)7-12(10)13/h7-8,10-11H,5-6H2,1-4H3. The van der Waals surface area contributed by atoms with Crippen molar-refractivity contribution >= 4 is 5.78 Å². The normalized spacial score (nSPS) is 29.3. The number of carbonyl (C=O) groups is 1. The number of hydrogen-bond acceptors (Lipinski definition) is 1. The molecule has 0 saturated carbocycles. The lowest BCUT2D eigenvalue weighted by atomic mass is 9.72. The molecule has 2 unspecified atom stereocenters. The van der Waals surface area contributed by atoms with E-state index in [1.165, 1.54) is 5.57 Å². The van der Waals surface area contributed by atoms with Gasteiger partial charge in [0, 0.05) is 5.92 Å². The summed E-state index contributed by atoms with van der Waals surface area (Å²) in [6.07, 6.45) is 3.94. The maximum Gasteiger partial charge on any atom is 0.158 e. The molecule has 1 heteroatoms. The van der Waals surface area contributed by atoms with Gasteiger partial charge >= 0.3 is 0 Å². The highest BCUT2D eigenvalue weighted by atomic mass is 16.1. The van der Waals surface area contributed by atoms with Crippen molar-refractivity contribution in [3.8, 4) is 0 Å². The highest BCUT2D eigenvalue weighted by Gasteiger charge is 2.31. The Labute approximate surface area is 81.2 Å². The molecule has 1 aliphatic rings. The summed E-state index contributed by atoms with van der Waals surface area (Å²) in [5.41, 5.74) is 1.26. The fraction of sp³-hybridized carbons (Fsp3) is 0.750. The molecule has 0 aliphatic heterocycles. The second-order valence-corrected chi connectivity index (χ2v) is 4.52. The zero-order chi connectivity index (χ0) is 10.0. The van der Waals surface area contributed by atoms with Gasteiger partial charge in [-0.15, -0.1) is 0 Å². The van der Waals surface area contributed by atoms with E-state index in [-0.39, 0.29) is 5.92 Å². The van der Waals surface area contributed by atoms with Gasteiger partial charge < -0.3 is 0 Å². The van der Waals surface area contributed by atoms with E-state index in [1.54, 1.807) is 0 Å². The van der Waals surface area contributed by atoms with E-state index in [4.69, 9.17) is 0 Å². The lowest BCUT2D eigenvalue weighted by Gasteiger charge is -2.31. The number of allylic oxidation sites excluding steroid dienone is 2. The Morgan fingerprint density at radius 1 is 1.54 bits per heavy atom. The molecule has 1 nitrogen and oxygen atoms in total. The van der Waals surface area contributed by atoms with Crippen molar-refractivity contribution in [3.05, 3.63) is 11.6 Å². The van der Waals surface area contributed by atoms with Crippen LogP contribution in [-0.4, -0.2) is 5.78 Å². The summed E-state index contributed by atoms with van der Waals surface area (Å²) >= 11 is 0. The van der Waals surface area contributed by atoms with Crippen molar-refractivity contribution in [2.24, 2.45) is 17.8 Å². The molecule has 0 bridgehead atoms. The molecule has 2 atom stereocenters. The highest BCUT2D eigenvalue weighted by molar-refractivity contribution is 5.93. The first-order chi connectivity index (χ1) is 6.06. The van der Waals surface area contributed by atoms with E-state index in [9.17, 15) is 4.79 Å². The number of carbonyl (C=O) groups excluding carboxylic acids is 1. The summed E-state index contributed by atoms with van der Waals surface area (Å²) in [7, 11) is 0. The minimum atomic E-state index is 0.281. The SMILES string of the molecule is CCC1C(=O)C=C(C)CC1C(C)C. The molecule has 0 aromatic carbocycles. The minimum Gasteiger partial charge on any atom is -0.295 e. The molecule has 0 saturated heterocycles. The average molecular weight is 180 g/mol. The summed E-state index contributed by atoms with van der Waals surface area (Å²) in [5, 5.41) is 0. The molecular weight excluding hydrogens is 160 g/mol. The van der Waals surface area contributed by atoms with Gasteiger partial charge in [0.2, 0.25) is 0 Å². The van der Waals surface area contributed by atoms with Gasteiger partial charge in [0.15, 0.2) is 5.78 Å². The van der Waals surface area contributed by atoms with Gasteiger partial charge in [-0.1, -0.05) is 26.3 Å². The molecule has 0 radical (unpaired) electrons. The maximum atomic E-state index is 11.7. The minimum absolute atomic E-state index is 0.281. The molecular formula is C12H20O. The Kier molecular flexibility index (Phi) is 3.29. The predicted molar refractivity (Wildman–Crippen MR) is 55.5 cm³/mol.